The lowest BCUT2D eigenvalue weighted by molar-refractivity contribution is -0.115. The SMILES string of the molecule is CC1(C)CC(=O)c2sc(NC3=CC(=O)CC(c4ccccc4)C3)c(C#N)c2C1. The number of fused-ring (bicyclic) bond motifs is 1. The second kappa shape index (κ2) is 7.03. The fourth-order valence-electron chi connectivity index (χ4n) is 4.21. The molecule has 4 rings (SSSR count). The Morgan fingerprint density at radius 1 is 1.14 bits per heavy atom. The van der Waals surface area contributed by atoms with Gasteiger partial charge in [0.15, 0.2) is 11.6 Å². The highest BCUT2D eigenvalue weighted by Crippen LogP contribution is 2.44. The highest BCUT2D eigenvalue weighted by molar-refractivity contribution is 7.18. The van der Waals surface area contributed by atoms with Crippen LogP contribution in [0.25, 0.3) is 0 Å². The zero-order valence-corrected chi connectivity index (χ0v) is 16.9. The normalized spacial score (nSPS) is 20.9. The molecule has 0 aliphatic heterocycles. The summed E-state index contributed by atoms with van der Waals surface area (Å²) in [6.45, 7) is 4.12. The smallest absolute Gasteiger partial charge is 0.173 e. The first-order valence-corrected chi connectivity index (χ1v) is 10.3. The molecule has 0 amide bonds. The Labute approximate surface area is 168 Å². The highest BCUT2D eigenvalue weighted by Gasteiger charge is 2.36. The summed E-state index contributed by atoms with van der Waals surface area (Å²) in [6.07, 6.45) is 4.07. The molecule has 0 bridgehead atoms. The molecule has 0 saturated heterocycles. The number of benzene rings is 1. The quantitative estimate of drug-likeness (QED) is 0.780. The third kappa shape index (κ3) is 3.53. The van der Waals surface area contributed by atoms with E-state index in [9.17, 15) is 14.9 Å². The van der Waals surface area contributed by atoms with Crippen molar-refractivity contribution in [2.75, 3.05) is 5.32 Å². The van der Waals surface area contributed by atoms with Gasteiger partial charge in [-0.05, 0) is 35.3 Å². The van der Waals surface area contributed by atoms with Gasteiger partial charge in [0.2, 0.25) is 0 Å². The molecule has 1 unspecified atom stereocenters. The lowest BCUT2D eigenvalue weighted by atomic mass is 9.75. The van der Waals surface area contributed by atoms with E-state index in [-0.39, 0.29) is 22.9 Å². The minimum atomic E-state index is -0.132. The molecule has 2 aliphatic rings. The van der Waals surface area contributed by atoms with Crippen molar-refractivity contribution in [2.45, 2.75) is 45.4 Å². The van der Waals surface area contributed by atoms with Crippen molar-refractivity contribution in [1.29, 1.82) is 5.26 Å². The van der Waals surface area contributed by atoms with E-state index in [4.69, 9.17) is 0 Å². The summed E-state index contributed by atoms with van der Waals surface area (Å²) < 4.78 is 0. The number of rotatable bonds is 3. The molecule has 2 aliphatic carbocycles. The van der Waals surface area contributed by atoms with E-state index in [1.807, 2.05) is 30.3 Å². The number of carbonyl (C=O) groups is 2. The lowest BCUT2D eigenvalue weighted by Crippen LogP contribution is -2.26. The van der Waals surface area contributed by atoms with Crippen molar-refractivity contribution in [3.63, 3.8) is 0 Å². The third-order valence-electron chi connectivity index (χ3n) is 5.46. The van der Waals surface area contributed by atoms with Gasteiger partial charge in [0, 0.05) is 24.6 Å². The Hall–Kier alpha value is -2.71. The molecule has 0 saturated carbocycles. The van der Waals surface area contributed by atoms with Crippen molar-refractivity contribution in [3.05, 3.63) is 63.7 Å². The van der Waals surface area contributed by atoms with Crippen LogP contribution in [0.15, 0.2) is 42.1 Å². The zero-order valence-electron chi connectivity index (χ0n) is 16.0. The molecule has 5 heteroatoms. The second-order valence-electron chi connectivity index (χ2n) is 8.44. The highest BCUT2D eigenvalue weighted by atomic mass is 32.1. The van der Waals surface area contributed by atoms with E-state index in [1.165, 1.54) is 11.3 Å². The third-order valence-corrected chi connectivity index (χ3v) is 6.65. The Morgan fingerprint density at radius 2 is 1.89 bits per heavy atom. The Morgan fingerprint density at radius 3 is 2.61 bits per heavy atom. The minimum Gasteiger partial charge on any atom is -0.349 e. The van der Waals surface area contributed by atoms with Crippen LogP contribution in [-0.2, 0) is 11.2 Å². The summed E-state index contributed by atoms with van der Waals surface area (Å²) in [5.74, 6) is 0.318. The number of nitrogens with one attached hydrogen (secondary N) is 1. The summed E-state index contributed by atoms with van der Waals surface area (Å²) >= 11 is 1.35. The van der Waals surface area contributed by atoms with Crippen LogP contribution in [-0.4, -0.2) is 11.6 Å². The average molecular weight is 391 g/mol. The van der Waals surface area contributed by atoms with Gasteiger partial charge in [-0.25, -0.2) is 0 Å². The van der Waals surface area contributed by atoms with Gasteiger partial charge in [-0.3, -0.25) is 9.59 Å². The number of Topliss-reactive ketones (excluding diaryl/α,β-unsaturated/α-hetero) is 1. The standard InChI is InChI=1S/C23H22N2O2S/c1-23(2)11-18-19(13-24)22(28-21(18)20(27)12-23)25-16-8-15(9-17(26)10-16)14-6-4-3-5-7-14/h3-7,10,15,25H,8-9,11-12H2,1-2H3. The van der Waals surface area contributed by atoms with Gasteiger partial charge in [-0.15, -0.1) is 11.3 Å². The largest absolute Gasteiger partial charge is 0.349 e. The number of nitriles is 1. The van der Waals surface area contributed by atoms with Crippen molar-refractivity contribution >= 4 is 27.9 Å². The number of anilines is 1. The van der Waals surface area contributed by atoms with E-state index in [1.54, 1.807) is 6.08 Å². The van der Waals surface area contributed by atoms with Gasteiger partial charge in [-0.2, -0.15) is 5.26 Å². The molecule has 0 spiro atoms. The molecule has 28 heavy (non-hydrogen) atoms. The maximum Gasteiger partial charge on any atom is 0.173 e. The first kappa shape index (κ1) is 18.6. The molecule has 1 heterocycles. The molecule has 0 radical (unpaired) electrons. The molecular formula is C23H22N2O2S. The number of hydrogen-bond donors (Lipinski definition) is 1. The van der Waals surface area contributed by atoms with Gasteiger partial charge < -0.3 is 5.32 Å². The van der Waals surface area contributed by atoms with Gasteiger partial charge in [0.1, 0.15) is 11.1 Å². The van der Waals surface area contributed by atoms with Gasteiger partial charge in [0.05, 0.1) is 10.4 Å². The van der Waals surface area contributed by atoms with Crippen molar-refractivity contribution < 1.29 is 9.59 Å². The van der Waals surface area contributed by atoms with Crippen LogP contribution in [0.2, 0.25) is 0 Å². The van der Waals surface area contributed by atoms with Gasteiger partial charge >= 0.3 is 0 Å². The van der Waals surface area contributed by atoms with Crippen LogP contribution in [0.5, 0.6) is 0 Å². The van der Waals surface area contributed by atoms with Crippen LogP contribution in [0.3, 0.4) is 0 Å². The van der Waals surface area contributed by atoms with Crippen LogP contribution in [0.1, 0.15) is 65.4 Å². The topological polar surface area (TPSA) is 70.0 Å². The molecule has 142 valence electrons. The van der Waals surface area contributed by atoms with Crippen LogP contribution in [0.4, 0.5) is 5.00 Å². The van der Waals surface area contributed by atoms with E-state index in [0.29, 0.717) is 34.7 Å². The first-order chi connectivity index (χ1) is 13.4. The van der Waals surface area contributed by atoms with Crippen molar-refractivity contribution in [3.8, 4) is 6.07 Å². The summed E-state index contributed by atoms with van der Waals surface area (Å²) in [6, 6.07) is 12.3. The summed E-state index contributed by atoms with van der Waals surface area (Å²) in [5.41, 5.74) is 3.24. The molecule has 4 nitrogen and oxygen atoms in total. The summed E-state index contributed by atoms with van der Waals surface area (Å²) in [4.78, 5) is 25.6. The van der Waals surface area contributed by atoms with E-state index in [0.717, 1.165) is 23.2 Å². The van der Waals surface area contributed by atoms with E-state index >= 15 is 0 Å². The fraction of sp³-hybridized carbons (Fsp3) is 0.348. The molecule has 1 aromatic carbocycles. The number of nitrogens with zero attached hydrogens (tertiary/aromatic N) is 1. The maximum atomic E-state index is 12.6. The number of hydrogen-bond acceptors (Lipinski definition) is 5. The molecule has 1 atom stereocenters. The zero-order chi connectivity index (χ0) is 19.9. The molecule has 1 N–H and O–H groups in total. The number of thiophene rings is 1. The summed E-state index contributed by atoms with van der Waals surface area (Å²) in [5, 5.41) is 13.8. The van der Waals surface area contributed by atoms with E-state index in [2.05, 4.69) is 25.2 Å². The Balaban J connectivity index is 1.64. The predicted octanol–water partition coefficient (Wildman–Crippen LogP) is 5.22. The number of allylic oxidation sites excluding steroid dienone is 2. The molecule has 0 fully saturated rings. The fourth-order valence-corrected chi connectivity index (χ4v) is 5.35. The van der Waals surface area contributed by atoms with Crippen LogP contribution < -0.4 is 5.32 Å². The van der Waals surface area contributed by atoms with E-state index < -0.39 is 0 Å². The monoisotopic (exact) mass is 390 g/mol. The maximum absolute atomic E-state index is 12.6. The molecule has 1 aromatic heterocycles. The molecule has 2 aromatic rings. The van der Waals surface area contributed by atoms with Crippen LogP contribution in [0, 0.1) is 16.7 Å². The molecular weight excluding hydrogens is 368 g/mol. The van der Waals surface area contributed by atoms with Crippen molar-refractivity contribution in [2.24, 2.45) is 5.41 Å². The predicted molar refractivity (Wildman–Crippen MR) is 111 cm³/mol. The Bertz CT molecular complexity index is 1020. The summed E-state index contributed by atoms with van der Waals surface area (Å²) in [7, 11) is 0. The minimum absolute atomic E-state index is 0.0830. The average Bonchev–Trinajstić information content (AvgIpc) is 2.98. The Kier molecular flexibility index (Phi) is 4.68. The number of ketones is 2. The van der Waals surface area contributed by atoms with Crippen molar-refractivity contribution in [1.82, 2.24) is 0 Å². The van der Waals surface area contributed by atoms with Gasteiger partial charge in [-0.1, -0.05) is 44.2 Å². The number of carbonyl (C=O) groups excluding carboxylic acids is 2. The second-order valence-corrected chi connectivity index (χ2v) is 9.46. The van der Waals surface area contributed by atoms with Gasteiger partial charge in [0.25, 0.3) is 0 Å². The van der Waals surface area contributed by atoms with Crippen LogP contribution >= 0.6 is 11.3 Å². The lowest BCUT2D eigenvalue weighted by Gasteiger charge is -2.28. The first-order valence-electron chi connectivity index (χ1n) is 9.50.